The first kappa shape index (κ1) is 10.6. The van der Waals surface area contributed by atoms with Crippen molar-refractivity contribution in [3.8, 4) is 0 Å². The number of aliphatic hydroxyl groups is 2. The fourth-order valence-corrected chi connectivity index (χ4v) is 1.93. The molecule has 13 heavy (non-hydrogen) atoms. The van der Waals surface area contributed by atoms with E-state index in [0.717, 1.165) is 19.4 Å². The highest BCUT2D eigenvalue weighted by Crippen LogP contribution is 2.19. The molecule has 1 fully saturated rings. The third-order valence-electron chi connectivity index (χ3n) is 2.68. The summed E-state index contributed by atoms with van der Waals surface area (Å²) in [6, 6.07) is -0.360. The van der Waals surface area contributed by atoms with Gasteiger partial charge in [-0.25, -0.2) is 0 Å². The number of hydrogen-bond acceptors (Lipinski definition) is 4. The van der Waals surface area contributed by atoms with Gasteiger partial charge in [0.15, 0.2) is 0 Å². The Bertz CT molecular complexity index is 184. The van der Waals surface area contributed by atoms with Crippen LogP contribution in [-0.4, -0.2) is 52.7 Å². The van der Waals surface area contributed by atoms with E-state index in [0.29, 0.717) is 0 Å². The largest absolute Gasteiger partial charge is 0.395 e. The highest BCUT2D eigenvalue weighted by molar-refractivity contribution is 5.81. The fourth-order valence-electron chi connectivity index (χ4n) is 1.93. The first-order valence-corrected chi connectivity index (χ1v) is 4.68. The van der Waals surface area contributed by atoms with Crippen molar-refractivity contribution in [3.05, 3.63) is 0 Å². The van der Waals surface area contributed by atoms with Gasteiger partial charge in [-0.2, -0.15) is 0 Å². The molecule has 0 bridgehead atoms. The summed E-state index contributed by atoms with van der Waals surface area (Å²) in [5.41, 5.74) is 0. The Balaban J connectivity index is 2.61. The molecule has 0 aromatic rings. The number of nitrogens with zero attached hydrogens (tertiary/aromatic N) is 1. The minimum absolute atomic E-state index is 0.0251. The van der Waals surface area contributed by atoms with Crippen molar-refractivity contribution in [2.45, 2.75) is 31.8 Å². The van der Waals surface area contributed by atoms with Crippen LogP contribution in [-0.2, 0) is 4.79 Å². The van der Waals surface area contributed by atoms with Gasteiger partial charge >= 0.3 is 0 Å². The molecule has 0 spiro atoms. The van der Waals surface area contributed by atoms with Crippen molar-refractivity contribution in [1.29, 1.82) is 0 Å². The Labute approximate surface area is 78.2 Å². The van der Waals surface area contributed by atoms with Crippen LogP contribution in [0.15, 0.2) is 0 Å². The van der Waals surface area contributed by atoms with Crippen molar-refractivity contribution in [3.63, 3.8) is 0 Å². The maximum atomic E-state index is 11.1. The average Bonchev–Trinajstić information content (AvgIpc) is 2.53. The zero-order valence-electron chi connectivity index (χ0n) is 7.94. The molecule has 4 nitrogen and oxygen atoms in total. The highest BCUT2D eigenvalue weighted by atomic mass is 16.3. The van der Waals surface area contributed by atoms with E-state index in [1.165, 1.54) is 6.92 Å². The number of rotatable bonds is 4. The standard InChI is InChI=1S/C9H17NO3/c1-7(13)9(6-12)10-4-2-3-8(10)5-11/h8-9,11-12H,2-6H2,1H3/t8?,9-/m1/s1. The summed E-state index contributed by atoms with van der Waals surface area (Å²) in [7, 11) is 0. The van der Waals surface area contributed by atoms with E-state index in [1.54, 1.807) is 0 Å². The third kappa shape index (κ3) is 2.27. The lowest BCUT2D eigenvalue weighted by atomic mass is 10.1. The molecule has 1 aliphatic rings. The van der Waals surface area contributed by atoms with Gasteiger partial charge in [-0.05, 0) is 26.3 Å². The lowest BCUT2D eigenvalue weighted by molar-refractivity contribution is -0.124. The Hall–Kier alpha value is -0.450. The number of ketones is 1. The minimum Gasteiger partial charge on any atom is -0.395 e. The van der Waals surface area contributed by atoms with Gasteiger partial charge in [0, 0.05) is 6.04 Å². The molecule has 0 aromatic heterocycles. The summed E-state index contributed by atoms with van der Waals surface area (Å²) >= 11 is 0. The predicted octanol–water partition coefficient (Wildman–Crippen LogP) is -0.607. The fraction of sp³-hybridized carbons (Fsp3) is 0.889. The van der Waals surface area contributed by atoms with Gasteiger partial charge in [-0.15, -0.1) is 0 Å². The average molecular weight is 187 g/mol. The molecule has 1 saturated heterocycles. The van der Waals surface area contributed by atoms with Crippen LogP contribution < -0.4 is 0 Å². The van der Waals surface area contributed by atoms with Crippen LogP contribution >= 0.6 is 0 Å². The summed E-state index contributed by atoms with van der Waals surface area (Å²) in [6.07, 6.45) is 1.91. The molecule has 1 rings (SSSR count). The van der Waals surface area contributed by atoms with Gasteiger partial charge in [0.2, 0.25) is 0 Å². The van der Waals surface area contributed by atoms with Crippen LogP contribution in [0.4, 0.5) is 0 Å². The van der Waals surface area contributed by atoms with Crippen LogP contribution in [0.3, 0.4) is 0 Å². The molecule has 1 heterocycles. The summed E-state index contributed by atoms with van der Waals surface area (Å²) < 4.78 is 0. The molecular formula is C9H17NO3. The summed E-state index contributed by atoms with van der Waals surface area (Å²) in [5, 5.41) is 18.1. The summed E-state index contributed by atoms with van der Waals surface area (Å²) in [4.78, 5) is 13.0. The molecule has 1 aliphatic heterocycles. The maximum absolute atomic E-state index is 11.1. The molecule has 2 atom stereocenters. The highest BCUT2D eigenvalue weighted by Gasteiger charge is 2.31. The van der Waals surface area contributed by atoms with Crippen LogP contribution in [0.2, 0.25) is 0 Å². The van der Waals surface area contributed by atoms with Crippen molar-refractivity contribution in [2.75, 3.05) is 19.8 Å². The van der Waals surface area contributed by atoms with E-state index in [1.807, 2.05) is 4.90 Å². The van der Waals surface area contributed by atoms with Crippen molar-refractivity contribution in [1.82, 2.24) is 4.90 Å². The zero-order valence-corrected chi connectivity index (χ0v) is 7.94. The van der Waals surface area contributed by atoms with Crippen LogP contribution in [0.5, 0.6) is 0 Å². The van der Waals surface area contributed by atoms with Crippen LogP contribution in [0.1, 0.15) is 19.8 Å². The quantitative estimate of drug-likeness (QED) is 0.616. The van der Waals surface area contributed by atoms with Gasteiger partial charge in [0.25, 0.3) is 0 Å². The van der Waals surface area contributed by atoms with Crippen molar-refractivity contribution < 1.29 is 15.0 Å². The van der Waals surface area contributed by atoms with Gasteiger partial charge in [-0.1, -0.05) is 0 Å². The van der Waals surface area contributed by atoms with Gasteiger partial charge in [0.05, 0.1) is 19.3 Å². The molecule has 4 heteroatoms. The van der Waals surface area contributed by atoms with Crippen LogP contribution in [0.25, 0.3) is 0 Å². The number of Topliss-reactive ketones (excluding diaryl/α,β-unsaturated/α-hetero) is 1. The number of carbonyl (C=O) groups is 1. The lowest BCUT2D eigenvalue weighted by Crippen LogP contribution is -2.46. The predicted molar refractivity (Wildman–Crippen MR) is 48.4 cm³/mol. The molecule has 76 valence electrons. The van der Waals surface area contributed by atoms with Gasteiger partial charge in [-0.3, -0.25) is 9.69 Å². The third-order valence-corrected chi connectivity index (χ3v) is 2.68. The zero-order chi connectivity index (χ0) is 9.84. The molecule has 0 radical (unpaired) electrons. The SMILES string of the molecule is CC(=O)[C@@H](CO)N1CCCC1CO. The second-order valence-electron chi connectivity index (χ2n) is 3.53. The Morgan fingerprint density at radius 3 is 2.77 bits per heavy atom. The molecule has 0 amide bonds. The van der Waals surface area contributed by atoms with Crippen molar-refractivity contribution in [2.24, 2.45) is 0 Å². The van der Waals surface area contributed by atoms with Crippen LogP contribution in [0, 0.1) is 0 Å². The Morgan fingerprint density at radius 2 is 2.31 bits per heavy atom. The Kier molecular flexibility index (Phi) is 3.84. The van der Waals surface area contributed by atoms with E-state index in [4.69, 9.17) is 10.2 Å². The van der Waals surface area contributed by atoms with Gasteiger partial charge < -0.3 is 10.2 Å². The van der Waals surface area contributed by atoms with E-state index in [2.05, 4.69) is 0 Å². The monoisotopic (exact) mass is 187 g/mol. The van der Waals surface area contributed by atoms with E-state index in [9.17, 15) is 4.79 Å². The second kappa shape index (κ2) is 4.69. The number of likely N-dealkylation sites (tertiary alicyclic amines) is 1. The van der Waals surface area contributed by atoms with Gasteiger partial charge in [0.1, 0.15) is 5.78 Å². The molecule has 0 saturated carbocycles. The summed E-state index contributed by atoms with van der Waals surface area (Å²) in [5.74, 6) is -0.0251. The smallest absolute Gasteiger partial charge is 0.149 e. The maximum Gasteiger partial charge on any atom is 0.149 e. The first-order valence-electron chi connectivity index (χ1n) is 4.68. The van der Waals surface area contributed by atoms with E-state index in [-0.39, 0.29) is 25.0 Å². The normalized spacial score (nSPS) is 26.2. The molecule has 0 aromatic carbocycles. The second-order valence-corrected chi connectivity index (χ2v) is 3.53. The van der Waals surface area contributed by atoms with E-state index < -0.39 is 6.04 Å². The number of aliphatic hydroxyl groups excluding tert-OH is 2. The van der Waals surface area contributed by atoms with Crippen molar-refractivity contribution >= 4 is 5.78 Å². The summed E-state index contributed by atoms with van der Waals surface area (Å²) in [6.45, 7) is 2.21. The molecular weight excluding hydrogens is 170 g/mol. The van der Waals surface area contributed by atoms with E-state index >= 15 is 0 Å². The number of carbonyl (C=O) groups excluding carboxylic acids is 1. The topological polar surface area (TPSA) is 60.8 Å². The first-order chi connectivity index (χ1) is 6.20. The Morgan fingerprint density at radius 1 is 1.62 bits per heavy atom. The molecule has 2 N–H and O–H groups in total. The molecule has 0 aliphatic carbocycles. The number of hydrogen-bond donors (Lipinski definition) is 2. The molecule has 1 unspecified atom stereocenters. The lowest BCUT2D eigenvalue weighted by Gasteiger charge is -2.28. The minimum atomic E-state index is -0.417.